The topological polar surface area (TPSA) is 82.2 Å². The van der Waals surface area contributed by atoms with Crippen LogP contribution in [0.3, 0.4) is 0 Å². The highest BCUT2D eigenvalue weighted by Gasteiger charge is 2.65. The van der Waals surface area contributed by atoms with Crippen LogP contribution in [0, 0.1) is 0 Å². The Kier molecular flexibility index (Phi) is 2.13. The van der Waals surface area contributed by atoms with Crippen LogP contribution in [0.1, 0.15) is 15.9 Å². The van der Waals surface area contributed by atoms with Crippen LogP contribution in [0.5, 0.6) is 5.75 Å². The predicted molar refractivity (Wildman–Crippen MR) is 47.7 cm³/mol. The number of nitrogens with zero attached hydrogens (tertiary/aromatic N) is 2. The molecule has 1 heterocycles. The summed E-state index contributed by atoms with van der Waals surface area (Å²) in [7, 11) is 0. The van der Waals surface area contributed by atoms with Gasteiger partial charge in [0.2, 0.25) is 0 Å². The Balaban J connectivity index is 2.43. The summed E-state index contributed by atoms with van der Waals surface area (Å²) in [6, 6.07) is 2.51. The lowest BCUT2D eigenvalue weighted by atomic mass is 10.0. The van der Waals surface area contributed by atoms with Gasteiger partial charge in [0.15, 0.2) is 0 Å². The summed E-state index contributed by atoms with van der Waals surface area (Å²) in [6.45, 7) is 0. The molecular formula is C9H5F3N2O3. The van der Waals surface area contributed by atoms with Crippen LogP contribution >= 0.6 is 0 Å². The molecule has 0 amide bonds. The van der Waals surface area contributed by atoms with Gasteiger partial charge in [-0.2, -0.15) is 13.2 Å². The van der Waals surface area contributed by atoms with E-state index in [1.165, 1.54) is 0 Å². The van der Waals surface area contributed by atoms with Gasteiger partial charge in [-0.3, -0.25) is 0 Å². The number of aromatic carboxylic acids is 1. The van der Waals surface area contributed by atoms with E-state index in [0.29, 0.717) is 6.07 Å². The van der Waals surface area contributed by atoms with Crippen molar-refractivity contribution in [3.8, 4) is 5.75 Å². The molecule has 17 heavy (non-hydrogen) atoms. The third kappa shape index (κ3) is 1.61. The number of alkyl halides is 3. The number of benzene rings is 1. The molecule has 1 aliphatic rings. The highest BCUT2D eigenvalue weighted by atomic mass is 19.4. The number of phenols is 1. The van der Waals surface area contributed by atoms with Crippen molar-refractivity contribution >= 4 is 5.97 Å². The van der Waals surface area contributed by atoms with Crippen molar-refractivity contribution in [3.05, 3.63) is 29.3 Å². The van der Waals surface area contributed by atoms with Crippen LogP contribution in [0.2, 0.25) is 0 Å². The SMILES string of the molecule is O=C(O)c1ccc(C2(C(F)(F)F)N=N2)cc1O. The molecule has 1 aliphatic heterocycles. The van der Waals surface area contributed by atoms with E-state index in [1.54, 1.807) is 0 Å². The van der Waals surface area contributed by atoms with E-state index in [1.807, 2.05) is 0 Å². The second kappa shape index (κ2) is 3.19. The molecular weight excluding hydrogens is 241 g/mol. The van der Waals surface area contributed by atoms with Gasteiger partial charge in [-0.15, -0.1) is 10.2 Å². The molecule has 0 spiro atoms. The second-order valence-corrected chi connectivity index (χ2v) is 3.41. The van der Waals surface area contributed by atoms with Crippen LogP contribution in [0.15, 0.2) is 28.4 Å². The maximum Gasteiger partial charge on any atom is 0.442 e. The fourth-order valence-electron chi connectivity index (χ4n) is 1.37. The summed E-state index contributed by atoms with van der Waals surface area (Å²) < 4.78 is 37.8. The van der Waals surface area contributed by atoms with Gasteiger partial charge >= 0.3 is 17.8 Å². The van der Waals surface area contributed by atoms with E-state index in [9.17, 15) is 23.1 Å². The molecule has 2 N–H and O–H groups in total. The van der Waals surface area contributed by atoms with Gasteiger partial charge in [-0.05, 0) is 12.1 Å². The van der Waals surface area contributed by atoms with Gasteiger partial charge < -0.3 is 10.2 Å². The molecule has 0 radical (unpaired) electrons. The fraction of sp³-hybridized carbons (Fsp3) is 0.222. The maximum atomic E-state index is 12.6. The zero-order valence-electron chi connectivity index (χ0n) is 8.06. The average Bonchev–Trinajstić information content (AvgIpc) is 2.95. The molecule has 8 heteroatoms. The van der Waals surface area contributed by atoms with Crippen LogP contribution in [-0.4, -0.2) is 22.4 Å². The molecule has 1 aromatic carbocycles. The van der Waals surface area contributed by atoms with E-state index in [0.717, 1.165) is 12.1 Å². The lowest BCUT2D eigenvalue weighted by molar-refractivity contribution is -0.166. The second-order valence-electron chi connectivity index (χ2n) is 3.41. The first-order valence-electron chi connectivity index (χ1n) is 4.35. The van der Waals surface area contributed by atoms with Gasteiger partial charge in [-0.1, -0.05) is 6.07 Å². The average molecular weight is 246 g/mol. The standard InChI is InChI=1S/C9H5F3N2O3/c10-9(11,12)8(13-14-8)4-1-2-5(7(16)17)6(15)3-4/h1-3,15H,(H,16,17). The van der Waals surface area contributed by atoms with E-state index in [4.69, 9.17) is 5.11 Å². The van der Waals surface area contributed by atoms with Crippen LogP contribution in [0.25, 0.3) is 0 Å². The number of hydrogen-bond donors (Lipinski definition) is 2. The molecule has 0 fully saturated rings. The fourth-order valence-corrected chi connectivity index (χ4v) is 1.37. The van der Waals surface area contributed by atoms with Crippen LogP contribution < -0.4 is 0 Å². The Bertz CT molecular complexity index is 519. The van der Waals surface area contributed by atoms with Crippen LogP contribution in [-0.2, 0) is 5.66 Å². The molecule has 0 atom stereocenters. The first-order chi connectivity index (χ1) is 7.78. The van der Waals surface area contributed by atoms with Crippen molar-refractivity contribution < 1.29 is 28.2 Å². The molecule has 0 bridgehead atoms. The number of halogens is 3. The number of aromatic hydroxyl groups is 1. The molecule has 90 valence electrons. The van der Waals surface area contributed by atoms with Gasteiger partial charge in [0, 0.05) is 5.56 Å². The smallest absolute Gasteiger partial charge is 0.442 e. The third-order valence-electron chi connectivity index (χ3n) is 2.33. The largest absolute Gasteiger partial charge is 0.507 e. The third-order valence-corrected chi connectivity index (χ3v) is 2.33. The summed E-state index contributed by atoms with van der Waals surface area (Å²) in [5, 5.41) is 23.8. The predicted octanol–water partition coefficient (Wildman–Crippen LogP) is 2.27. The minimum absolute atomic E-state index is 0.410. The Morgan fingerprint density at radius 2 is 1.88 bits per heavy atom. The van der Waals surface area contributed by atoms with Crippen LogP contribution in [0.4, 0.5) is 13.2 Å². The zero-order valence-corrected chi connectivity index (χ0v) is 8.06. The zero-order chi connectivity index (χ0) is 12.8. The molecule has 0 saturated carbocycles. The minimum Gasteiger partial charge on any atom is -0.507 e. The molecule has 1 aromatic rings. The highest BCUT2D eigenvalue weighted by molar-refractivity contribution is 5.90. The highest BCUT2D eigenvalue weighted by Crippen LogP contribution is 2.52. The summed E-state index contributed by atoms with van der Waals surface area (Å²) in [4.78, 5) is 10.6. The molecule has 0 aromatic heterocycles. The lowest BCUT2D eigenvalue weighted by Gasteiger charge is -2.15. The van der Waals surface area contributed by atoms with E-state index < -0.39 is 34.7 Å². The normalized spacial score (nSPS) is 16.9. The summed E-state index contributed by atoms with van der Waals surface area (Å²) in [5.41, 5.74) is -3.54. The van der Waals surface area contributed by atoms with Crippen molar-refractivity contribution in [2.24, 2.45) is 10.2 Å². The number of carbonyl (C=O) groups is 1. The summed E-state index contributed by atoms with van der Waals surface area (Å²) in [5.74, 6) is -2.18. The Morgan fingerprint density at radius 1 is 1.29 bits per heavy atom. The van der Waals surface area contributed by atoms with Crippen molar-refractivity contribution in [1.82, 2.24) is 0 Å². The van der Waals surface area contributed by atoms with Gasteiger partial charge in [0.25, 0.3) is 0 Å². The number of hydrogen-bond acceptors (Lipinski definition) is 4. The van der Waals surface area contributed by atoms with Gasteiger partial charge in [-0.25, -0.2) is 4.79 Å². The Morgan fingerprint density at radius 3 is 2.24 bits per heavy atom. The lowest BCUT2D eigenvalue weighted by Crippen LogP contribution is -2.30. The molecule has 5 nitrogen and oxygen atoms in total. The van der Waals surface area contributed by atoms with E-state index in [2.05, 4.69) is 10.2 Å². The van der Waals surface area contributed by atoms with Crippen molar-refractivity contribution in [2.45, 2.75) is 11.8 Å². The Labute approximate surface area is 92.2 Å². The number of carboxylic acids is 1. The van der Waals surface area contributed by atoms with E-state index in [-0.39, 0.29) is 0 Å². The van der Waals surface area contributed by atoms with E-state index >= 15 is 0 Å². The van der Waals surface area contributed by atoms with Crippen molar-refractivity contribution in [1.29, 1.82) is 0 Å². The minimum atomic E-state index is -4.70. The molecule has 0 aliphatic carbocycles. The van der Waals surface area contributed by atoms with Gasteiger partial charge in [0.1, 0.15) is 11.3 Å². The van der Waals surface area contributed by atoms with Crippen molar-refractivity contribution in [2.75, 3.05) is 0 Å². The summed E-state index contributed by atoms with van der Waals surface area (Å²) in [6.07, 6.45) is -4.70. The molecule has 0 unspecified atom stereocenters. The first kappa shape index (κ1) is 11.4. The van der Waals surface area contributed by atoms with Crippen molar-refractivity contribution in [3.63, 3.8) is 0 Å². The monoisotopic (exact) mass is 246 g/mol. The number of carboxylic acid groups (broad SMARTS) is 1. The summed E-state index contributed by atoms with van der Waals surface area (Å²) >= 11 is 0. The number of rotatable bonds is 2. The quantitative estimate of drug-likeness (QED) is 0.839. The molecule has 2 rings (SSSR count). The first-order valence-corrected chi connectivity index (χ1v) is 4.35. The van der Waals surface area contributed by atoms with Gasteiger partial charge in [0.05, 0.1) is 0 Å². The Hall–Kier alpha value is -2.12. The maximum absolute atomic E-state index is 12.6. The molecule has 0 saturated heterocycles.